The molecule has 1 heterocycles. The van der Waals surface area contributed by atoms with Gasteiger partial charge in [-0.05, 0) is 55.1 Å². The molecule has 3 aromatic rings. The van der Waals surface area contributed by atoms with Crippen LogP contribution in [0.25, 0.3) is 10.9 Å². The van der Waals surface area contributed by atoms with E-state index in [2.05, 4.69) is 16.1 Å². The van der Waals surface area contributed by atoms with Gasteiger partial charge in [-0.1, -0.05) is 25.1 Å². The van der Waals surface area contributed by atoms with Crippen molar-refractivity contribution in [1.29, 1.82) is 0 Å². The van der Waals surface area contributed by atoms with E-state index in [1.165, 1.54) is 0 Å². The fraction of sp³-hybridized carbons (Fsp3) is 0.250. The molecular weight excluding hydrogens is 362 g/mol. The quantitative estimate of drug-likeness (QED) is 0.650. The van der Waals surface area contributed by atoms with Gasteiger partial charge < -0.3 is 9.88 Å². The van der Waals surface area contributed by atoms with E-state index in [1.807, 2.05) is 42.7 Å². The van der Waals surface area contributed by atoms with Crippen LogP contribution in [0.4, 0.5) is 11.4 Å². The van der Waals surface area contributed by atoms with Crippen molar-refractivity contribution >= 4 is 38.2 Å². The van der Waals surface area contributed by atoms with Crippen molar-refractivity contribution in [3.63, 3.8) is 0 Å². The number of para-hydroxylation sites is 1. The Kier molecular flexibility index (Phi) is 5.51. The van der Waals surface area contributed by atoms with E-state index in [-0.39, 0.29) is 18.2 Å². The zero-order valence-corrected chi connectivity index (χ0v) is 16.2. The van der Waals surface area contributed by atoms with Crippen LogP contribution in [-0.4, -0.2) is 24.6 Å². The summed E-state index contributed by atoms with van der Waals surface area (Å²) < 4.78 is 28.1. The van der Waals surface area contributed by atoms with Crippen molar-refractivity contribution < 1.29 is 13.2 Å². The molecule has 2 N–H and O–H groups in total. The number of carbonyl (C=O) groups excluding carboxylic acids is 1. The van der Waals surface area contributed by atoms with Gasteiger partial charge in [-0.3, -0.25) is 9.52 Å². The predicted molar refractivity (Wildman–Crippen MR) is 109 cm³/mol. The molecule has 2 aromatic carbocycles. The highest BCUT2D eigenvalue weighted by molar-refractivity contribution is 7.92. The topological polar surface area (TPSA) is 80.2 Å². The first-order valence-electron chi connectivity index (χ1n) is 8.83. The molecule has 3 rings (SSSR count). The maximum atomic E-state index is 12.4. The monoisotopic (exact) mass is 385 g/mol. The van der Waals surface area contributed by atoms with Gasteiger partial charge in [0.2, 0.25) is 15.9 Å². The Morgan fingerprint density at radius 1 is 1.04 bits per heavy atom. The van der Waals surface area contributed by atoms with Crippen LogP contribution >= 0.6 is 0 Å². The van der Waals surface area contributed by atoms with Crippen LogP contribution in [0.5, 0.6) is 0 Å². The minimum atomic E-state index is -3.32. The maximum Gasteiger partial charge on any atom is 0.244 e. The highest BCUT2D eigenvalue weighted by Crippen LogP contribution is 2.20. The number of aryl methyl sites for hydroxylation is 1. The van der Waals surface area contributed by atoms with Crippen molar-refractivity contribution in [3.05, 3.63) is 60.3 Å². The number of benzene rings is 2. The molecule has 27 heavy (non-hydrogen) atoms. The van der Waals surface area contributed by atoms with E-state index in [1.54, 1.807) is 24.3 Å². The van der Waals surface area contributed by atoms with E-state index in [9.17, 15) is 13.2 Å². The summed E-state index contributed by atoms with van der Waals surface area (Å²) in [4.78, 5) is 12.4. The molecule has 0 aliphatic heterocycles. The average Bonchev–Trinajstić information content (AvgIpc) is 2.92. The molecule has 1 amide bonds. The molecule has 0 saturated carbocycles. The molecule has 0 atom stereocenters. The lowest BCUT2D eigenvalue weighted by Crippen LogP contribution is -2.19. The largest absolute Gasteiger partial charge is 0.335 e. The van der Waals surface area contributed by atoms with E-state index < -0.39 is 10.0 Å². The van der Waals surface area contributed by atoms with E-state index >= 15 is 0 Å². The highest BCUT2D eigenvalue weighted by atomic mass is 32.2. The van der Waals surface area contributed by atoms with Gasteiger partial charge in [-0.15, -0.1) is 0 Å². The third kappa shape index (κ3) is 4.68. The van der Waals surface area contributed by atoms with Gasteiger partial charge in [-0.2, -0.15) is 0 Å². The van der Waals surface area contributed by atoms with Crippen LogP contribution in [0.15, 0.2) is 54.6 Å². The smallest absolute Gasteiger partial charge is 0.244 e. The molecule has 0 saturated heterocycles. The lowest BCUT2D eigenvalue weighted by molar-refractivity contribution is -0.116. The standard InChI is InChI=1S/C20H23N3O3S/c1-3-12-27(25,26)22-18-10-8-17(9-11-18)21-20(24)14-23-15(2)13-16-6-4-5-7-19(16)23/h4-11,13,22H,3,12,14H2,1-2H3,(H,21,24). The molecule has 0 unspecified atom stereocenters. The summed E-state index contributed by atoms with van der Waals surface area (Å²) in [5.41, 5.74) is 3.14. The molecule has 0 spiro atoms. The summed E-state index contributed by atoms with van der Waals surface area (Å²) in [6, 6.07) is 16.6. The van der Waals surface area contributed by atoms with Crippen LogP contribution in [-0.2, 0) is 21.4 Å². The molecule has 1 aromatic heterocycles. The summed E-state index contributed by atoms with van der Waals surface area (Å²) in [5, 5.41) is 3.95. The molecule has 6 nitrogen and oxygen atoms in total. The van der Waals surface area contributed by atoms with Crippen molar-refractivity contribution in [2.24, 2.45) is 0 Å². The third-order valence-corrected chi connectivity index (χ3v) is 5.73. The summed E-state index contributed by atoms with van der Waals surface area (Å²) in [6.07, 6.45) is 0.553. The van der Waals surface area contributed by atoms with Crippen LogP contribution in [0, 0.1) is 6.92 Å². The predicted octanol–water partition coefficient (Wildman–Crippen LogP) is 3.74. The number of fused-ring (bicyclic) bond motifs is 1. The average molecular weight is 385 g/mol. The number of nitrogens with one attached hydrogen (secondary N) is 2. The van der Waals surface area contributed by atoms with Gasteiger partial charge >= 0.3 is 0 Å². The molecule has 0 aliphatic rings. The lowest BCUT2D eigenvalue weighted by atomic mass is 10.2. The SMILES string of the molecule is CCCS(=O)(=O)Nc1ccc(NC(=O)Cn2c(C)cc3ccccc32)cc1. The van der Waals surface area contributed by atoms with Crippen molar-refractivity contribution in [2.45, 2.75) is 26.8 Å². The lowest BCUT2D eigenvalue weighted by Gasteiger charge is -2.11. The van der Waals surface area contributed by atoms with Crippen LogP contribution in [0.1, 0.15) is 19.0 Å². The number of aromatic nitrogens is 1. The van der Waals surface area contributed by atoms with Crippen LogP contribution in [0.2, 0.25) is 0 Å². The minimum absolute atomic E-state index is 0.0790. The van der Waals surface area contributed by atoms with Gasteiger partial charge in [-0.25, -0.2) is 8.42 Å². The number of carbonyl (C=O) groups is 1. The first-order valence-corrected chi connectivity index (χ1v) is 10.5. The van der Waals surface area contributed by atoms with Crippen molar-refractivity contribution in [2.75, 3.05) is 15.8 Å². The molecule has 0 fully saturated rings. The molecular formula is C20H23N3O3S. The van der Waals surface area contributed by atoms with Crippen LogP contribution in [0.3, 0.4) is 0 Å². The van der Waals surface area contributed by atoms with E-state index in [0.717, 1.165) is 16.6 Å². The number of nitrogens with zero attached hydrogens (tertiary/aromatic N) is 1. The molecule has 0 aliphatic carbocycles. The summed E-state index contributed by atoms with van der Waals surface area (Å²) in [6.45, 7) is 4.00. The van der Waals surface area contributed by atoms with Crippen molar-refractivity contribution in [1.82, 2.24) is 4.57 Å². The number of hydrogen-bond acceptors (Lipinski definition) is 3. The minimum Gasteiger partial charge on any atom is -0.335 e. The van der Waals surface area contributed by atoms with Gasteiger partial charge in [0.25, 0.3) is 0 Å². The molecule has 0 bridgehead atoms. The Balaban J connectivity index is 1.67. The molecule has 7 heteroatoms. The van der Waals surface area contributed by atoms with Gasteiger partial charge in [0.1, 0.15) is 6.54 Å². The zero-order chi connectivity index (χ0) is 19.4. The Morgan fingerprint density at radius 3 is 2.41 bits per heavy atom. The number of anilines is 2. The Labute approximate surface area is 159 Å². The number of rotatable bonds is 7. The normalized spacial score (nSPS) is 11.5. The van der Waals surface area contributed by atoms with E-state index in [0.29, 0.717) is 17.8 Å². The third-order valence-electron chi connectivity index (χ3n) is 4.23. The fourth-order valence-electron chi connectivity index (χ4n) is 3.02. The number of hydrogen-bond donors (Lipinski definition) is 2. The van der Waals surface area contributed by atoms with Gasteiger partial charge in [0.15, 0.2) is 0 Å². The Bertz CT molecular complexity index is 1050. The second kappa shape index (κ2) is 7.84. The molecule has 142 valence electrons. The van der Waals surface area contributed by atoms with Gasteiger partial charge in [0.05, 0.1) is 5.75 Å². The Morgan fingerprint density at radius 2 is 1.70 bits per heavy atom. The second-order valence-corrected chi connectivity index (χ2v) is 8.32. The maximum absolute atomic E-state index is 12.4. The van der Waals surface area contributed by atoms with Crippen LogP contribution < -0.4 is 10.0 Å². The van der Waals surface area contributed by atoms with E-state index in [4.69, 9.17) is 0 Å². The summed E-state index contributed by atoms with van der Waals surface area (Å²) in [7, 11) is -3.32. The number of amides is 1. The van der Waals surface area contributed by atoms with Crippen molar-refractivity contribution in [3.8, 4) is 0 Å². The Hall–Kier alpha value is -2.80. The number of sulfonamides is 1. The first-order chi connectivity index (χ1) is 12.9. The molecule has 0 radical (unpaired) electrons. The highest BCUT2D eigenvalue weighted by Gasteiger charge is 2.11. The summed E-state index contributed by atoms with van der Waals surface area (Å²) >= 11 is 0. The first kappa shape index (κ1) is 19.0. The zero-order valence-electron chi connectivity index (χ0n) is 15.4. The summed E-state index contributed by atoms with van der Waals surface area (Å²) in [5.74, 6) is -0.0610. The fourth-order valence-corrected chi connectivity index (χ4v) is 4.16. The van der Waals surface area contributed by atoms with Gasteiger partial charge in [0, 0.05) is 22.6 Å². The second-order valence-electron chi connectivity index (χ2n) is 6.48.